The van der Waals surface area contributed by atoms with Crippen molar-refractivity contribution in [2.24, 2.45) is 0 Å². The van der Waals surface area contributed by atoms with E-state index in [2.05, 4.69) is 5.32 Å². The second kappa shape index (κ2) is 8.18. The van der Waals surface area contributed by atoms with Crippen LogP contribution in [-0.2, 0) is 14.8 Å². The first-order valence-corrected chi connectivity index (χ1v) is 9.67. The summed E-state index contributed by atoms with van der Waals surface area (Å²) in [5, 5.41) is 3.00. The largest absolute Gasteiger partial charge is 0.336 e. The molecular formula is C15H20Cl2FN3O3S. The van der Waals surface area contributed by atoms with Crippen molar-refractivity contribution < 1.29 is 17.6 Å². The monoisotopic (exact) mass is 411 g/mol. The van der Waals surface area contributed by atoms with Crippen LogP contribution in [0.1, 0.15) is 12.8 Å². The van der Waals surface area contributed by atoms with E-state index in [1.54, 1.807) is 4.90 Å². The number of hydrogen-bond donors (Lipinski definition) is 1. The molecule has 1 N–H and O–H groups in total. The summed E-state index contributed by atoms with van der Waals surface area (Å²) in [6.07, 6.45) is 1.41. The number of piperidine rings is 1. The average molecular weight is 412 g/mol. The molecule has 0 radical (unpaired) electrons. The van der Waals surface area contributed by atoms with Crippen LogP contribution in [0, 0.1) is 5.82 Å². The van der Waals surface area contributed by atoms with Crippen LogP contribution in [0.15, 0.2) is 23.1 Å². The molecule has 0 aromatic heterocycles. The van der Waals surface area contributed by atoms with E-state index in [1.807, 2.05) is 0 Å². The van der Waals surface area contributed by atoms with Gasteiger partial charge in [-0.15, -0.1) is 12.4 Å². The third-order valence-electron chi connectivity index (χ3n) is 4.44. The highest BCUT2D eigenvalue weighted by molar-refractivity contribution is 7.89. The minimum Gasteiger partial charge on any atom is -0.336 e. The molecular weight excluding hydrogens is 392 g/mol. The number of carbonyl (C=O) groups is 1. The number of nitrogens with one attached hydrogen (secondary N) is 1. The third-order valence-corrected chi connectivity index (χ3v) is 6.78. The van der Waals surface area contributed by atoms with E-state index in [0.29, 0.717) is 26.1 Å². The molecule has 1 amide bonds. The van der Waals surface area contributed by atoms with E-state index in [4.69, 9.17) is 11.6 Å². The van der Waals surface area contributed by atoms with Gasteiger partial charge in [-0.2, -0.15) is 4.31 Å². The topological polar surface area (TPSA) is 69.7 Å². The number of benzene rings is 1. The average Bonchev–Trinajstić information content (AvgIpc) is 2.57. The number of hydrogen-bond acceptors (Lipinski definition) is 4. The van der Waals surface area contributed by atoms with Gasteiger partial charge in [0.15, 0.2) is 0 Å². The van der Waals surface area contributed by atoms with Gasteiger partial charge >= 0.3 is 0 Å². The summed E-state index contributed by atoms with van der Waals surface area (Å²) < 4.78 is 40.4. The molecule has 1 aromatic carbocycles. The van der Waals surface area contributed by atoms with Gasteiger partial charge in [0.25, 0.3) is 0 Å². The van der Waals surface area contributed by atoms with Crippen LogP contribution in [0.2, 0.25) is 5.02 Å². The highest BCUT2D eigenvalue weighted by atomic mass is 35.5. The fraction of sp³-hybridized carbons (Fsp3) is 0.533. The van der Waals surface area contributed by atoms with Crippen molar-refractivity contribution in [1.29, 1.82) is 0 Å². The molecule has 2 aliphatic rings. The Labute approximate surface area is 157 Å². The molecule has 0 bridgehead atoms. The maximum atomic E-state index is 13.5. The maximum absolute atomic E-state index is 13.5. The summed E-state index contributed by atoms with van der Waals surface area (Å²) >= 11 is 5.96. The first-order chi connectivity index (χ1) is 11.4. The molecule has 0 saturated carbocycles. The quantitative estimate of drug-likeness (QED) is 0.817. The fourth-order valence-electron chi connectivity index (χ4n) is 3.21. The van der Waals surface area contributed by atoms with Gasteiger partial charge in [-0.3, -0.25) is 4.79 Å². The molecule has 2 heterocycles. The zero-order chi connectivity index (χ0) is 17.3. The Morgan fingerprint density at radius 1 is 1.28 bits per heavy atom. The van der Waals surface area contributed by atoms with Gasteiger partial charge in [-0.1, -0.05) is 11.6 Å². The third kappa shape index (κ3) is 4.25. The number of carbonyl (C=O) groups excluding carboxylic acids is 1. The number of rotatable bonds is 3. The number of nitrogens with zero attached hydrogens (tertiary/aromatic N) is 2. The van der Waals surface area contributed by atoms with Gasteiger partial charge < -0.3 is 10.2 Å². The van der Waals surface area contributed by atoms with Gasteiger partial charge in [0.1, 0.15) is 10.7 Å². The Morgan fingerprint density at radius 2 is 2.04 bits per heavy atom. The second-order valence-corrected chi connectivity index (χ2v) is 8.31. The highest BCUT2D eigenvalue weighted by Crippen LogP contribution is 2.28. The number of halogens is 3. The van der Waals surface area contributed by atoms with Crippen LogP contribution in [0.25, 0.3) is 0 Å². The van der Waals surface area contributed by atoms with Crippen LogP contribution >= 0.6 is 24.0 Å². The van der Waals surface area contributed by atoms with Crippen molar-refractivity contribution in [1.82, 2.24) is 14.5 Å². The molecule has 1 unspecified atom stereocenters. The molecule has 0 aliphatic carbocycles. The van der Waals surface area contributed by atoms with E-state index in [1.165, 1.54) is 10.4 Å². The molecule has 2 saturated heterocycles. The van der Waals surface area contributed by atoms with E-state index in [0.717, 1.165) is 18.6 Å². The van der Waals surface area contributed by atoms with Crippen molar-refractivity contribution >= 4 is 39.9 Å². The van der Waals surface area contributed by atoms with Gasteiger partial charge in [0, 0.05) is 32.2 Å². The van der Waals surface area contributed by atoms with Crippen LogP contribution in [0.3, 0.4) is 0 Å². The SMILES string of the molecule is Cl.O=C1CNCCN1C1CCCN(S(=O)(=O)c2cc(F)ccc2Cl)C1. The second-order valence-electron chi connectivity index (χ2n) is 6.00. The van der Waals surface area contributed by atoms with Crippen molar-refractivity contribution in [3.63, 3.8) is 0 Å². The van der Waals surface area contributed by atoms with Crippen LogP contribution in [0.5, 0.6) is 0 Å². The molecule has 0 spiro atoms. The van der Waals surface area contributed by atoms with Crippen LogP contribution in [0.4, 0.5) is 4.39 Å². The highest BCUT2D eigenvalue weighted by Gasteiger charge is 2.36. The first-order valence-electron chi connectivity index (χ1n) is 7.85. The maximum Gasteiger partial charge on any atom is 0.244 e. The summed E-state index contributed by atoms with van der Waals surface area (Å²) in [6.45, 7) is 2.09. The van der Waals surface area contributed by atoms with Gasteiger partial charge in [-0.05, 0) is 31.0 Å². The minimum absolute atomic E-state index is 0. The Kier molecular flexibility index (Phi) is 6.67. The molecule has 1 aromatic rings. The summed E-state index contributed by atoms with van der Waals surface area (Å²) in [5.41, 5.74) is 0. The molecule has 1 atom stereocenters. The number of piperazine rings is 1. The smallest absolute Gasteiger partial charge is 0.244 e. The lowest BCUT2D eigenvalue weighted by Crippen LogP contribution is -2.57. The predicted octanol–water partition coefficient (Wildman–Crippen LogP) is 1.49. The molecule has 2 fully saturated rings. The minimum atomic E-state index is -3.90. The first kappa shape index (κ1) is 20.4. The van der Waals surface area contributed by atoms with Gasteiger partial charge in [0.05, 0.1) is 11.6 Å². The van der Waals surface area contributed by atoms with Gasteiger partial charge in [0.2, 0.25) is 15.9 Å². The normalized spacial score (nSPS) is 22.6. The summed E-state index contributed by atoms with van der Waals surface area (Å²) in [7, 11) is -3.90. The van der Waals surface area contributed by atoms with Crippen molar-refractivity contribution in [3.05, 3.63) is 29.0 Å². The Balaban J connectivity index is 0.00000225. The standard InChI is InChI=1S/C15H19ClFN3O3S.ClH/c16-13-4-3-11(17)8-14(13)24(22,23)19-6-1-2-12(10-19)20-7-5-18-9-15(20)21;/h3-4,8,12,18H,1-2,5-7,9-10H2;1H. The van der Waals surface area contributed by atoms with E-state index >= 15 is 0 Å². The predicted molar refractivity (Wildman–Crippen MR) is 95.0 cm³/mol. The van der Waals surface area contributed by atoms with E-state index in [-0.39, 0.29) is 47.4 Å². The molecule has 3 rings (SSSR count). The van der Waals surface area contributed by atoms with Crippen LogP contribution < -0.4 is 5.32 Å². The lowest BCUT2D eigenvalue weighted by atomic mass is 10.1. The Morgan fingerprint density at radius 3 is 2.76 bits per heavy atom. The van der Waals surface area contributed by atoms with E-state index in [9.17, 15) is 17.6 Å². The van der Waals surface area contributed by atoms with Crippen LogP contribution in [-0.4, -0.2) is 62.3 Å². The molecule has 6 nitrogen and oxygen atoms in total. The van der Waals surface area contributed by atoms with Crippen molar-refractivity contribution in [2.45, 2.75) is 23.8 Å². The van der Waals surface area contributed by atoms with E-state index < -0.39 is 15.8 Å². The lowest BCUT2D eigenvalue weighted by molar-refractivity contribution is -0.135. The number of sulfonamides is 1. The Hall–Kier alpha value is -0.930. The van der Waals surface area contributed by atoms with Gasteiger partial charge in [-0.25, -0.2) is 12.8 Å². The Bertz CT molecular complexity index is 748. The summed E-state index contributed by atoms with van der Waals surface area (Å²) in [5.74, 6) is -0.668. The van der Waals surface area contributed by atoms with Crippen molar-refractivity contribution in [2.75, 3.05) is 32.7 Å². The molecule has 25 heavy (non-hydrogen) atoms. The lowest BCUT2D eigenvalue weighted by Gasteiger charge is -2.40. The molecule has 2 aliphatic heterocycles. The summed E-state index contributed by atoms with van der Waals surface area (Å²) in [6, 6.07) is 3.15. The summed E-state index contributed by atoms with van der Waals surface area (Å²) in [4.78, 5) is 13.6. The molecule has 140 valence electrons. The number of amides is 1. The fourth-order valence-corrected chi connectivity index (χ4v) is 5.22. The zero-order valence-electron chi connectivity index (χ0n) is 13.5. The molecule has 10 heteroatoms. The zero-order valence-corrected chi connectivity index (χ0v) is 15.8. The van der Waals surface area contributed by atoms with Crippen molar-refractivity contribution in [3.8, 4) is 0 Å².